The van der Waals surface area contributed by atoms with Crippen molar-refractivity contribution in [3.63, 3.8) is 0 Å². The third-order valence-electron chi connectivity index (χ3n) is 3.63. The molecule has 104 valence electrons. The van der Waals surface area contributed by atoms with E-state index in [0.717, 1.165) is 29.4 Å². The molecule has 1 unspecified atom stereocenters. The minimum atomic E-state index is -1.00. The normalized spacial score (nSPS) is 22.9. The van der Waals surface area contributed by atoms with Gasteiger partial charge in [-0.05, 0) is 37.5 Å². The van der Waals surface area contributed by atoms with E-state index >= 15 is 0 Å². The smallest absolute Gasteiger partial charge is 0.247 e. The first kappa shape index (κ1) is 14.5. The molecule has 0 bridgehead atoms. The number of nitrogens with zero attached hydrogens (tertiary/aromatic N) is 1. The van der Waals surface area contributed by atoms with Gasteiger partial charge in [0.1, 0.15) is 5.54 Å². The summed E-state index contributed by atoms with van der Waals surface area (Å²) in [7, 11) is 0. The lowest BCUT2D eigenvalue weighted by molar-refractivity contribution is -0.138. The Morgan fingerprint density at radius 3 is 2.63 bits per heavy atom. The number of carbonyl (C=O) groups excluding carboxylic acids is 1. The van der Waals surface area contributed by atoms with Gasteiger partial charge in [0.25, 0.3) is 0 Å². The van der Waals surface area contributed by atoms with E-state index in [2.05, 4.69) is 15.9 Å². The van der Waals surface area contributed by atoms with Crippen LogP contribution in [0.15, 0.2) is 28.7 Å². The molecule has 1 aromatic carbocycles. The Bertz CT molecular complexity index is 458. The topological polar surface area (TPSA) is 72.4 Å². The van der Waals surface area contributed by atoms with Crippen LogP contribution in [0.5, 0.6) is 0 Å². The van der Waals surface area contributed by atoms with E-state index in [0.29, 0.717) is 6.54 Å². The fraction of sp³-hybridized carbons (Fsp3) is 0.500. The summed E-state index contributed by atoms with van der Waals surface area (Å²) >= 11 is 3.38. The number of piperidine rings is 1. The SMILES string of the molecule is CC(N)(C(=O)N1CCC[C@@H](N)C1)c1ccc(Br)cc1. The molecule has 4 nitrogen and oxygen atoms in total. The maximum atomic E-state index is 12.6. The molecular weight excluding hydrogens is 306 g/mol. The predicted octanol–water partition coefficient (Wildman–Crippen LogP) is 1.57. The van der Waals surface area contributed by atoms with E-state index in [4.69, 9.17) is 11.5 Å². The molecule has 1 aliphatic heterocycles. The van der Waals surface area contributed by atoms with E-state index in [1.165, 1.54) is 0 Å². The largest absolute Gasteiger partial charge is 0.339 e. The molecule has 0 radical (unpaired) electrons. The molecule has 0 aromatic heterocycles. The standard InChI is InChI=1S/C14H20BrN3O/c1-14(17,10-4-6-11(15)7-5-10)13(19)18-8-2-3-12(16)9-18/h4-7,12H,2-3,8-9,16-17H2,1H3/t12-,14?/m1/s1. The molecule has 19 heavy (non-hydrogen) atoms. The first-order chi connectivity index (χ1) is 8.91. The highest BCUT2D eigenvalue weighted by Crippen LogP contribution is 2.24. The van der Waals surface area contributed by atoms with Gasteiger partial charge >= 0.3 is 0 Å². The van der Waals surface area contributed by atoms with Crippen LogP contribution in [0, 0.1) is 0 Å². The molecule has 1 amide bonds. The van der Waals surface area contributed by atoms with Crippen LogP contribution in [0.25, 0.3) is 0 Å². The molecule has 1 aromatic rings. The van der Waals surface area contributed by atoms with Crippen molar-refractivity contribution in [1.29, 1.82) is 0 Å². The zero-order valence-electron chi connectivity index (χ0n) is 11.1. The minimum Gasteiger partial charge on any atom is -0.339 e. The highest BCUT2D eigenvalue weighted by Gasteiger charge is 2.35. The van der Waals surface area contributed by atoms with Crippen molar-refractivity contribution < 1.29 is 4.79 Å². The molecular formula is C14H20BrN3O. The average molecular weight is 326 g/mol. The summed E-state index contributed by atoms with van der Waals surface area (Å²) in [5.41, 5.74) is 12.0. The van der Waals surface area contributed by atoms with Gasteiger partial charge < -0.3 is 16.4 Å². The summed E-state index contributed by atoms with van der Waals surface area (Å²) in [4.78, 5) is 14.4. The van der Waals surface area contributed by atoms with Gasteiger partial charge in [-0.1, -0.05) is 28.1 Å². The lowest BCUT2D eigenvalue weighted by Gasteiger charge is -2.36. The number of hydrogen-bond donors (Lipinski definition) is 2. The second kappa shape index (κ2) is 5.61. The van der Waals surface area contributed by atoms with Crippen LogP contribution in [-0.2, 0) is 10.3 Å². The van der Waals surface area contributed by atoms with E-state index in [9.17, 15) is 4.79 Å². The van der Waals surface area contributed by atoms with Gasteiger partial charge in [-0.2, -0.15) is 0 Å². The zero-order valence-corrected chi connectivity index (χ0v) is 12.7. The Hall–Kier alpha value is -0.910. The Morgan fingerprint density at radius 2 is 2.05 bits per heavy atom. The van der Waals surface area contributed by atoms with Crippen LogP contribution < -0.4 is 11.5 Å². The van der Waals surface area contributed by atoms with Gasteiger partial charge in [-0.15, -0.1) is 0 Å². The maximum absolute atomic E-state index is 12.6. The lowest BCUT2D eigenvalue weighted by atomic mass is 9.90. The Labute approximate surface area is 122 Å². The molecule has 1 heterocycles. The van der Waals surface area contributed by atoms with Gasteiger partial charge in [0.05, 0.1) is 0 Å². The van der Waals surface area contributed by atoms with Crippen molar-refractivity contribution in [2.24, 2.45) is 11.5 Å². The summed E-state index contributed by atoms with van der Waals surface area (Å²) in [6, 6.07) is 7.63. The number of hydrogen-bond acceptors (Lipinski definition) is 3. The van der Waals surface area contributed by atoms with Gasteiger partial charge in [0.2, 0.25) is 5.91 Å². The fourth-order valence-corrected chi connectivity index (χ4v) is 2.71. The van der Waals surface area contributed by atoms with Crippen LogP contribution >= 0.6 is 15.9 Å². The number of halogens is 1. The van der Waals surface area contributed by atoms with Crippen molar-refractivity contribution in [3.8, 4) is 0 Å². The monoisotopic (exact) mass is 325 g/mol. The molecule has 0 saturated carbocycles. The highest BCUT2D eigenvalue weighted by molar-refractivity contribution is 9.10. The number of likely N-dealkylation sites (tertiary alicyclic amines) is 1. The van der Waals surface area contributed by atoms with Crippen LogP contribution in [-0.4, -0.2) is 29.9 Å². The zero-order chi connectivity index (χ0) is 14.0. The van der Waals surface area contributed by atoms with Crippen LogP contribution in [0.4, 0.5) is 0 Å². The number of carbonyl (C=O) groups is 1. The van der Waals surface area contributed by atoms with Crippen LogP contribution in [0.1, 0.15) is 25.3 Å². The number of benzene rings is 1. The summed E-state index contributed by atoms with van der Waals surface area (Å²) in [5, 5.41) is 0. The fourth-order valence-electron chi connectivity index (χ4n) is 2.44. The molecule has 2 atom stereocenters. The first-order valence-electron chi connectivity index (χ1n) is 6.51. The predicted molar refractivity (Wildman–Crippen MR) is 79.5 cm³/mol. The van der Waals surface area contributed by atoms with Crippen LogP contribution in [0.3, 0.4) is 0 Å². The summed E-state index contributed by atoms with van der Waals surface area (Å²) in [6.45, 7) is 3.11. The number of rotatable bonds is 2. The second-order valence-corrected chi connectivity index (χ2v) is 6.28. The Kier molecular flexibility index (Phi) is 4.28. The molecule has 0 spiro atoms. The molecule has 1 aliphatic rings. The van der Waals surface area contributed by atoms with Gasteiger partial charge in [0, 0.05) is 23.6 Å². The van der Waals surface area contributed by atoms with Gasteiger partial charge in [-0.3, -0.25) is 4.79 Å². The third kappa shape index (κ3) is 3.16. The van der Waals surface area contributed by atoms with E-state index in [-0.39, 0.29) is 11.9 Å². The quantitative estimate of drug-likeness (QED) is 0.867. The second-order valence-electron chi connectivity index (χ2n) is 5.36. The van der Waals surface area contributed by atoms with Crippen molar-refractivity contribution in [2.45, 2.75) is 31.3 Å². The van der Waals surface area contributed by atoms with E-state index < -0.39 is 5.54 Å². The molecule has 1 fully saturated rings. The molecule has 5 heteroatoms. The van der Waals surface area contributed by atoms with Gasteiger partial charge in [-0.25, -0.2) is 0 Å². The van der Waals surface area contributed by atoms with Crippen molar-refractivity contribution in [3.05, 3.63) is 34.3 Å². The molecule has 1 saturated heterocycles. The average Bonchev–Trinajstić information content (AvgIpc) is 2.38. The van der Waals surface area contributed by atoms with Crippen molar-refractivity contribution in [2.75, 3.05) is 13.1 Å². The maximum Gasteiger partial charge on any atom is 0.247 e. The lowest BCUT2D eigenvalue weighted by Crippen LogP contribution is -2.55. The summed E-state index contributed by atoms with van der Waals surface area (Å²) < 4.78 is 0.972. The number of amides is 1. The first-order valence-corrected chi connectivity index (χ1v) is 7.30. The van der Waals surface area contributed by atoms with E-state index in [1.54, 1.807) is 11.8 Å². The summed E-state index contributed by atoms with van der Waals surface area (Å²) in [5.74, 6) is -0.0510. The Morgan fingerprint density at radius 1 is 1.42 bits per heavy atom. The van der Waals surface area contributed by atoms with Crippen LogP contribution in [0.2, 0.25) is 0 Å². The Balaban J connectivity index is 2.18. The van der Waals surface area contributed by atoms with E-state index in [1.807, 2.05) is 24.3 Å². The van der Waals surface area contributed by atoms with Crippen molar-refractivity contribution in [1.82, 2.24) is 4.90 Å². The molecule has 0 aliphatic carbocycles. The highest BCUT2D eigenvalue weighted by atomic mass is 79.9. The summed E-state index contributed by atoms with van der Waals surface area (Å²) in [6.07, 6.45) is 1.92. The number of nitrogens with two attached hydrogens (primary N) is 2. The minimum absolute atomic E-state index is 0.0510. The molecule has 2 rings (SSSR count). The van der Waals surface area contributed by atoms with Gasteiger partial charge in [0.15, 0.2) is 0 Å². The third-order valence-corrected chi connectivity index (χ3v) is 4.16. The molecule has 4 N–H and O–H groups in total. The van der Waals surface area contributed by atoms with Crippen molar-refractivity contribution >= 4 is 21.8 Å².